The summed E-state index contributed by atoms with van der Waals surface area (Å²) in [5.74, 6) is 1.26. The van der Waals surface area contributed by atoms with Crippen molar-refractivity contribution in [2.45, 2.75) is 37.7 Å². The Bertz CT molecular complexity index is 1240. The Kier molecular flexibility index (Phi) is 7.47. The summed E-state index contributed by atoms with van der Waals surface area (Å²) in [6.45, 7) is 4.36. The van der Waals surface area contributed by atoms with Gasteiger partial charge in [-0.05, 0) is 54.3 Å². The number of hydrogen-bond donors (Lipinski definition) is 1. The van der Waals surface area contributed by atoms with Gasteiger partial charge in [-0.15, -0.1) is 10.2 Å². The molecule has 1 heterocycles. The highest BCUT2D eigenvalue weighted by atomic mass is 35.5. The average Bonchev–Trinajstić information content (AvgIpc) is 3.26. The largest absolute Gasteiger partial charge is 0.345 e. The van der Waals surface area contributed by atoms with Gasteiger partial charge in [-0.25, -0.2) is 0 Å². The molecule has 33 heavy (non-hydrogen) atoms. The van der Waals surface area contributed by atoms with Crippen molar-refractivity contribution in [3.63, 3.8) is 0 Å². The Balaban J connectivity index is 1.59. The fourth-order valence-corrected chi connectivity index (χ4v) is 4.53. The van der Waals surface area contributed by atoms with E-state index in [1.807, 2.05) is 72.2 Å². The highest BCUT2D eigenvalue weighted by Crippen LogP contribution is 2.28. The van der Waals surface area contributed by atoms with Gasteiger partial charge in [0.1, 0.15) is 0 Å². The van der Waals surface area contributed by atoms with E-state index < -0.39 is 0 Å². The SMILES string of the molecule is CCc1ccc(C(=O)NCc2nnc(SCc3ccccc3)n2-c2cc(Cl)ccc2C)cc1. The molecule has 3 aromatic carbocycles. The van der Waals surface area contributed by atoms with Crippen LogP contribution >= 0.6 is 23.4 Å². The third-order valence-corrected chi connectivity index (χ3v) is 6.59. The first kappa shape index (κ1) is 23.1. The van der Waals surface area contributed by atoms with Crippen LogP contribution in [0, 0.1) is 6.92 Å². The molecule has 4 rings (SSSR count). The van der Waals surface area contributed by atoms with E-state index in [0.717, 1.165) is 28.6 Å². The zero-order valence-corrected chi connectivity index (χ0v) is 20.2. The summed E-state index contributed by atoms with van der Waals surface area (Å²) in [5, 5.41) is 13.2. The summed E-state index contributed by atoms with van der Waals surface area (Å²) >= 11 is 7.91. The van der Waals surface area contributed by atoms with Crippen LogP contribution in [0.15, 0.2) is 78.0 Å². The van der Waals surface area contributed by atoms with E-state index in [1.54, 1.807) is 11.8 Å². The molecule has 0 bridgehead atoms. The van der Waals surface area contributed by atoms with E-state index in [2.05, 4.69) is 34.6 Å². The maximum absolute atomic E-state index is 12.7. The van der Waals surface area contributed by atoms with Gasteiger partial charge in [-0.2, -0.15) is 0 Å². The second kappa shape index (κ2) is 10.7. The fourth-order valence-electron chi connectivity index (χ4n) is 3.45. The van der Waals surface area contributed by atoms with Crippen LogP contribution in [0.25, 0.3) is 5.69 Å². The lowest BCUT2D eigenvalue weighted by Gasteiger charge is -2.14. The molecule has 1 N–H and O–H groups in total. The molecule has 0 aliphatic carbocycles. The Morgan fingerprint density at radius 1 is 1.00 bits per heavy atom. The first-order chi connectivity index (χ1) is 16.0. The van der Waals surface area contributed by atoms with E-state index in [9.17, 15) is 4.79 Å². The smallest absolute Gasteiger partial charge is 0.251 e. The lowest BCUT2D eigenvalue weighted by Crippen LogP contribution is -2.24. The summed E-state index contributed by atoms with van der Waals surface area (Å²) in [6, 6.07) is 23.6. The van der Waals surface area contributed by atoms with Crippen molar-refractivity contribution >= 4 is 29.3 Å². The predicted molar refractivity (Wildman–Crippen MR) is 134 cm³/mol. The van der Waals surface area contributed by atoms with Crippen molar-refractivity contribution in [3.05, 3.63) is 106 Å². The maximum atomic E-state index is 12.7. The first-order valence-corrected chi connectivity index (χ1v) is 12.2. The standard InChI is InChI=1S/C26H25ClN4OS/c1-3-19-10-12-21(13-11-19)25(32)28-16-24-29-30-26(33-17-20-7-5-4-6-8-20)31(24)23-15-22(27)14-9-18(23)2/h4-15H,3,16-17H2,1-2H3,(H,28,32). The highest BCUT2D eigenvalue weighted by Gasteiger charge is 2.18. The minimum absolute atomic E-state index is 0.145. The monoisotopic (exact) mass is 476 g/mol. The molecular formula is C26H25ClN4OS. The summed E-state index contributed by atoms with van der Waals surface area (Å²) in [4.78, 5) is 12.7. The number of aryl methyl sites for hydroxylation is 2. The van der Waals surface area contributed by atoms with Crippen molar-refractivity contribution in [2.24, 2.45) is 0 Å². The normalized spacial score (nSPS) is 10.9. The molecule has 0 saturated heterocycles. The van der Waals surface area contributed by atoms with Gasteiger partial charge in [0, 0.05) is 16.3 Å². The number of aromatic nitrogens is 3. The summed E-state index contributed by atoms with van der Waals surface area (Å²) < 4.78 is 1.98. The van der Waals surface area contributed by atoms with Crippen LogP contribution in [-0.4, -0.2) is 20.7 Å². The summed E-state index contributed by atoms with van der Waals surface area (Å²) in [5.41, 5.74) is 4.96. The second-order valence-electron chi connectivity index (χ2n) is 7.67. The van der Waals surface area contributed by atoms with Crippen molar-refractivity contribution in [1.29, 1.82) is 0 Å². The number of halogens is 1. The number of amides is 1. The quantitative estimate of drug-likeness (QED) is 0.316. The van der Waals surface area contributed by atoms with Crippen LogP contribution in [0.5, 0.6) is 0 Å². The van der Waals surface area contributed by atoms with E-state index in [4.69, 9.17) is 11.6 Å². The molecule has 7 heteroatoms. The van der Waals surface area contributed by atoms with E-state index in [0.29, 0.717) is 16.4 Å². The molecule has 5 nitrogen and oxygen atoms in total. The first-order valence-electron chi connectivity index (χ1n) is 10.8. The zero-order valence-electron chi connectivity index (χ0n) is 18.6. The fraction of sp³-hybridized carbons (Fsp3) is 0.192. The van der Waals surface area contributed by atoms with Crippen molar-refractivity contribution in [1.82, 2.24) is 20.1 Å². The number of nitrogens with zero attached hydrogens (tertiary/aromatic N) is 3. The number of thioether (sulfide) groups is 1. The third kappa shape index (κ3) is 5.64. The third-order valence-electron chi connectivity index (χ3n) is 5.35. The number of benzene rings is 3. The second-order valence-corrected chi connectivity index (χ2v) is 9.05. The molecule has 1 amide bonds. The molecule has 0 saturated carbocycles. The van der Waals surface area contributed by atoms with Gasteiger partial charge >= 0.3 is 0 Å². The number of carbonyl (C=O) groups excluding carboxylic acids is 1. The van der Waals surface area contributed by atoms with Gasteiger partial charge in [0.25, 0.3) is 5.91 Å². The number of rotatable bonds is 8. The zero-order chi connectivity index (χ0) is 23.2. The van der Waals surface area contributed by atoms with Crippen LogP contribution < -0.4 is 5.32 Å². The molecule has 0 aliphatic heterocycles. The van der Waals surface area contributed by atoms with Gasteiger partial charge in [-0.1, -0.05) is 78.8 Å². The van der Waals surface area contributed by atoms with Gasteiger partial charge in [0.15, 0.2) is 11.0 Å². The highest BCUT2D eigenvalue weighted by molar-refractivity contribution is 7.98. The van der Waals surface area contributed by atoms with Crippen molar-refractivity contribution < 1.29 is 4.79 Å². The molecule has 0 radical (unpaired) electrons. The molecule has 0 unspecified atom stereocenters. The molecule has 0 aliphatic rings. The molecule has 0 spiro atoms. The summed E-state index contributed by atoms with van der Waals surface area (Å²) in [6.07, 6.45) is 0.938. The van der Waals surface area contributed by atoms with Crippen molar-refractivity contribution in [3.8, 4) is 5.69 Å². The van der Waals surface area contributed by atoms with E-state index in [-0.39, 0.29) is 12.5 Å². The van der Waals surface area contributed by atoms with E-state index in [1.165, 1.54) is 11.1 Å². The molecule has 0 atom stereocenters. The minimum atomic E-state index is -0.145. The molecule has 0 fully saturated rings. The van der Waals surface area contributed by atoms with Gasteiger partial charge in [0.05, 0.1) is 12.2 Å². The Labute approximate surface area is 203 Å². The summed E-state index contributed by atoms with van der Waals surface area (Å²) in [7, 11) is 0. The van der Waals surface area contributed by atoms with Crippen LogP contribution in [0.1, 0.15) is 39.8 Å². The minimum Gasteiger partial charge on any atom is -0.345 e. The lowest BCUT2D eigenvalue weighted by atomic mass is 10.1. The number of hydrogen-bond acceptors (Lipinski definition) is 4. The van der Waals surface area contributed by atoms with Crippen LogP contribution in [0.2, 0.25) is 5.02 Å². The number of carbonyl (C=O) groups is 1. The topological polar surface area (TPSA) is 59.8 Å². The number of nitrogens with one attached hydrogen (secondary N) is 1. The molecule has 1 aromatic heterocycles. The van der Waals surface area contributed by atoms with Crippen LogP contribution in [0.4, 0.5) is 0 Å². The van der Waals surface area contributed by atoms with Crippen molar-refractivity contribution in [2.75, 3.05) is 0 Å². The molecule has 168 valence electrons. The maximum Gasteiger partial charge on any atom is 0.251 e. The Morgan fingerprint density at radius 2 is 1.76 bits per heavy atom. The van der Waals surface area contributed by atoms with Gasteiger partial charge in [-0.3, -0.25) is 9.36 Å². The van der Waals surface area contributed by atoms with Crippen LogP contribution in [0.3, 0.4) is 0 Å². The Hall–Kier alpha value is -3.09. The van der Waals surface area contributed by atoms with Gasteiger partial charge < -0.3 is 5.32 Å². The van der Waals surface area contributed by atoms with Gasteiger partial charge in [0.2, 0.25) is 0 Å². The Morgan fingerprint density at radius 3 is 2.48 bits per heavy atom. The predicted octanol–water partition coefficient (Wildman–Crippen LogP) is 6.01. The molecular weight excluding hydrogens is 452 g/mol. The van der Waals surface area contributed by atoms with Crippen LogP contribution in [-0.2, 0) is 18.7 Å². The average molecular weight is 477 g/mol. The van der Waals surface area contributed by atoms with E-state index >= 15 is 0 Å². The lowest BCUT2D eigenvalue weighted by molar-refractivity contribution is 0.0949. The molecule has 4 aromatic rings.